The molecule has 0 aromatic carbocycles. The van der Waals surface area contributed by atoms with E-state index in [9.17, 15) is 15.0 Å². The summed E-state index contributed by atoms with van der Waals surface area (Å²) in [5.41, 5.74) is 1.48. The van der Waals surface area contributed by atoms with Crippen molar-refractivity contribution in [2.75, 3.05) is 38.3 Å². The zero-order valence-electron chi connectivity index (χ0n) is 18.2. The van der Waals surface area contributed by atoms with Crippen LogP contribution in [0.5, 0.6) is 0 Å². The van der Waals surface area contributed by atoms with E-state index in [0.717, 1.165) is 28.7 Å². The summed E-state index contributed by atoms with van der Waals surface area (Å²) in [6.45, 7) is 6.67. The first-order chi connectivity index (χ1) is 15.2. The van der Waals surface area contributed by atoms with E-state index in [4.69, 9.17) is 28.0 Å². The Labute approximate surface area is 200 Å². The summed E-state index contributed by atoms with van der Waals surface area (Å²) in [4.78, 5) is 28.3. The van der Waals surface area contributed by atoms with Gasteiger partial charge in [-0.15, -0.1) is 11.3 Å². The quantitative estimate of drug-likeness (QED) is 0.624. The molecular weight excluding hydrogens is 477 g/mol. The van der Waals surface area contributed by atoms with Crippen LogP contribution < -0.4 is 4.90 Å². The van der Waals surface area contributed by atoms with Crippen LogP contribution in [-0.4, -0.2) is 75.2 Å². The highest BCUT2D eigenvalue weighted by Gasteiger charge is 2.36. The molecule has 2 aromatic rings. The molecule has 12 heteroatoms. The van der Waals surface area contributed by atoms with Gasteiger partial charge in [-0.3, -0.25) is 14.5 Å². The molecule has 9 nitrogen and oxygen atoms in total. The van der Waals surface area contributed by atoms with Gasteiger partial charge >= 0.3 is 0 Å². The van der Waals surface area contributed by atoms with Crippen molar-refractivity contribution in [3.8, 4) is 0 Å². The van der Waals surface area contributed by atoms with Gasteiger partial charge in [-0.2, -0.15) is 0 Å². The summed E-state index contributed by atoms with van der Waals surface area (Å²) >= 11 is 14.0. The van der Waals surface area contributed by atoms with Gasteiger partial charge in [0.25, 0.3) is 5.91 Å². The maximum absolute atomic E-state index is 13.5. The van der Waals surface area contributed by atoms with E-state index in [1.54, 1.807) is 4.57 Å². The van der Waals surface area contributed by atoms with Crippen molar-refractivity contribution in [2.24, 2.45) is 5.92 Å². The lowest BCUT2D eigenvalue weighted by atomic mass is 10.1. The molecule has 1 amide bonds. The first-order valence-corrected chi connectivity index (χ1v) is 12.0. The standard InChI is InChI=1S/C20H27Cl2N5O4S/c1-11(2)4-25-10-24(3)6-13-16(19(30)27-5-12(29)9-31-27)14(32-20(13)25)7-26-15(8-28)23-17(21)18(26)22/h11-12,28-29H,4-10H2,1-3H3/t12-/m0/s1. The molecule has 0 saturated carbocycles. The van der Waals surface area contributed by atoms with Crippen LogP contribution in [0.3, 0.4) is 0 Å². The molecule has 0 unspecified atom stereocenters. The Bertz CT molecular complexity index is 1010. The fraction of sp³-hybridized carbons (Fsp3) is 0.600. The number of fused-ring (bicyclic) bond motifs is 1. The lowest BCUT2D eigenvalue weighted by Gasteiger charge is -2.36. The summed E-state index contributed by atoms with van der Waals surface area (Å²) in [6.07, 6.45) is -0.708. The molecule has 32 heavy (non-hydrogen) atoms. The SMILES string of the molecule is CC(C)CN1CN(C)Cc2c1sc(Cn1c(CO)nc(Cl)c1Cl)c2C(=O)N1C[C@H](O)CO1. The Morgan fingerprint density at radius 3 is 2.75 bits per heavy atom. The second-order valence-corrected chi connectivity index (χ2v) is 10.4. The molecule has 2 aliphatic rings. The topological polar surface area (TPSA) is 94.3 Å². The van der Waals surface area contributed by atoms with Gasteiger partial charge in [0, 0.05) is 23.5 Å². The molecule has 4 heterocycles. The minimum Gasteiger partial charge on any atom is -0.389 e. The van der Waals surface area contributed by atoms with Crippen LogP contribution in [0, 0.1) is 5.92 Å². The predicted octanol–water partition coefficient (Wildman–Crippen LogP) is 2.41. The van der Waals surface area contributed by atoms with Crippen molar-refractivity contribution in [3.63, 3.8) is 0 Å². The molecule has 0 spiro atoms. The molecule has 1 atom stereocenters. The van der Waals surface area contributed by atoms with E-state index < -0.39 is 6.10 Å². The first kappa shape index (κ1) is 23.7. The average molecular weight is 504 g/mol. The number of rotatable bonds is 6. The lowest BCUT2D eigenvalue weighted by Crippen LogP contribution is -2.42. The highest BCUT2D eigenvalue weighted by Crippen LogP contribution is 2.42. The highest BCUT2D eigenvalue weighted by atomic mass is 35.5. The number of aliphatic hydroxyl groups is 2. The number of carbonyl (C=O) groups is 1. The number of imidazole rings is 1. The number of thiophene rings is 1. The number of hydrogen-bond donors (Lipinski definition) is 2. The third-order valence-corrected chi connectivity index (χ3v) is 7.42. The van der Waals surface area contributed by atoms with Crippen molar-refractivity contribution >= 4 is 45.4 Å². The fourth-order valence-corrected chi connectivity index (χ4v) is 5.82. The number of hydroxylamine groups is 2. The van der Waals surface area contributed by atoms with E-state index in [-0.39, 0.29) is 42.5 Å². The van der Waals surface area contributed by atoms with Crippen LogP contribution in [0.4, 0.5) is 5.00 Å². The number of nitrogens with zero attached hydrogens (tertiary/aromatic N) is 5. The summed E-state index contributed by atoms with van der Waals surface area (Å²) in [6, 6.07) is 0. The predicted molar refractivity (Wildman–Crippen MR) is 123 cm³/mol. The zero-order valence-corrected chi connectivity index (χ0v) is 20.5. The van der Waals surface area contributed by atoms with Crippen LogP contribution >= 0.6 is 34.5 Å². The van der Waals surface area contributed by atoms with Crippen molar-refractivity contribution in [1.82, 2.24) is 19.5 Å². The molecule has 0 radical (unpaired) electrons. The summed E-state index contributed by atoms with van der Waals surface area (Å²) in [7, 11) is 2.02. The monoisotopic (exact) mass is 503 g/mol. The third-order valence-electron chi connectivity index (χ3n) is 5.40. The summed E-state index contributed by atoms with van der Waals surface area (Å²) in [5.74, 6) is 0.481. The van der Waals surface area contributed by atoms with E-state index >= 15 is 0 Å². The largest absolute Gasteiger partial charge is 0.389 e. The van der Waals surface area contributed by atoms with Gasteiger partial charge in [-0.05, 0) is 13.0 Å². The van der Waals surface area contributed by atoms with Gasteiger partial charge in [0.15, 0.2) is 5.15 Å². The van der Waals surface area contributed by atoms with Gasteiger partial charge in [-0.25, -0.2) is 10.0 Å². The number of aliphatic hydroxyl groups excluding tert-OH is 2. The summed E-state index contributed by atoms with van der Waals surface area (Å²) in [5, 5.41) is 22.2. The van der Waals surface area contributed by atoms with Gasteiger partial charge in [0.1, 0.15) is 30.3 Å². The number of anilines is 1. The number of aromatic nitrogens is 2. The van der Waals surface area contributed by atoms with E-state index in [2.05, 4.69) is 28.6 Å². The van der Waals surface area contributed by atoms with Crippen LogP contribution in [-0.2, 0) is 24.5 Å². The Kier molecular flexibility index (Phi) is 7.02. The zero-order chi connectivity index (χ0) is 23.2. The number of hydrogen-bond acceptors (Lipinski definition) is 8. The Morgan fingerprint density at radius 2 is 2.12 bits per heavy atom. The minimum atomic E-state index is -0.708. The average Bonchev–Trinajstić information content (AvgIpc) is 3.39. The molecule has 4 rings (SSSR count). The molecule has 0 aliphatic carbocycles. The minimum absolute atomic E-state index is 0.0877. The van der Waals surface area contributed by atoms with Gasteiger partial charge in [-0.1, -0.05) is 37.0 Å². The van der Waals surface area contributed by atoms with Gasteiger partial charge in [0.05, 0.1) is 30.3 Å². The second-order valence-electron chi connectivity index (χ2n) is 8.63. The van der Waals surface area contributed by atoms with Crippen molar-refractivity contribution in [2.45, 2.75) is 39.6 Å². The Morgan fingerprint density at radius 1 is 1.38 bits per heavy atom. The summed E-state index contributed by atoms with van der Waals surface area (Å²) < 4.78 is 1.62. The molecule has 2 aliphatic heterocycles. The maximum Gasteiger partial charge on any atom is 0.279 e. The maximum atomic E-state index is 13.5. The number of carbonyl (C=O) groups excluding carboxylic acids is 1. The van der Waals surface area contributed by atoms with Crippen molar-refractivity contribution in [1.29, 1.82) is 0 Å². The van der Waals surface area contributed by atoms with Crippen LogP contribution in [0.1, 0.15) is 40.5 Å². The molecular formula is C20H27Cl2N5O4S. The number of β-amino-alcohol motifs (C(OH)–C–C–N with tert-alkyl or cyclic N) is 1. The fourth-order valence-electron chi connectivity index (χ4n) is 4.13. The Hall–Kier alpha value is -1.40. The molecule has 1 fully saturated rings. The second kappa shape index (κ2) is 9.46. The number of amides is 1. The van der Waals surface area contributed by atoms with E-state index in [1.165, 1.54) is 16.4 Å². The van der Waals surface area contributed by atoms with Gasteiger partial charge < -0.3 is 19.7 Å². The Balaban J connectivity index is 1.81. The van der Waals surface area contributed by atoms with E-state index in [0.29, 0.717) is 23.9 Å². The van der Waals surface area contributed by atoms with E-state index in [1.807, 2.05) is 7.05 Å². The number of halogens is 2. The third kappa shape index (κ3) is 4.50. The van der Waals surface area contributed by atoms with Crippen LogP contribution in [0.25, 0.3) is 0 Å². The van der Waals surface area contributed by atoms with Crippen molar-refractivity contribution < 1.29 is 19.8 Å². The molecule has 0 bridgehead atoms. The molecule has 2 aromatic heterocycles. The molecule has 1 saturated heterocycles. The smallest absolute Gasteiger partial charge is 0.279 e. The van der Waals surface area contributed by atoms with Crippen LogP contribution in [0.2, 0.25) is 10.3 Å². The highest BCUT2D eigenvalue weighted by molar-refractivity contribution is 7.16. The lowest BCUT2D eigenvalue weighted by molar-refractivity contribution is -0.0781. The van der Waals surface area contributed by atoms with Crippen LogP contribution in [0.15, 0.2) is 0 Å². The van der Waals surface area contributed by atoms with Crippen molar-refractivity contribution in [3.05, 3.63) is 32.1 Å². The van der Waals surface area contributed by atoms with Gasteiger partial charge in [0.2, 0.25) is 0 Å². The molecule has 176 valence electrons. The normalized spacial score (nSPS) is 19.3. The first-order valence-electron chi connectivity index (χ1n) is 10.4. The molecule has 2 N–H and O–H groups in total.